The summed E-state index contributed by atoms with van der Waals surface area (Å²) in [6.45, 7) is -0.370. The summed E-state index contributed by atoms with van der Waals surface area (Å²) >= 11 is 0. The van der Waals surface area contributed by atoms with Gasteiger partial charge in [-0.1, -0.05) is 60.7 Å². The topological polar surface area (TPSA) is 86.7 Å². The summed E-state index contributed by atoms with van der Waals surface area (Å²) in [5.74, 6) is -2.59. The minimum atomic E-state index is -0.519. The van der Waals surface area contributed by atoms with E-state index in [1.54, 1.807) is 18.2 Å². The van der Waals surface area contributed by atoms with Gasteiger partial charge >= 0.3 is 0 Å². The number of phenolic OH excluding ortho intramolecular Hbond substituents is 1. The summed E-state index contributed by atoms with van der Waals surface area (Å²) in [6, 6.07) is 22.4. The van der Waals surface area contributed by atoms with Crippen LogP contribution in [-0.4, -0.2) is 34.3 Å². The molecule has 1 saturated heterocycles. The number of nitrogens with zero attached hydrogens (tertiary/aromatic N) is 1. The highest BCUT2D eigenvalue weighted by Crippen LogP contribution is 2.60. The van der Waals surface area contributed by atoms with Crippen LogP contribution in [0.15, 0.2) is 72.8 Å². The van der Waals surface area contributed by atoms with Gasteiger partial charge in [0.25, 0.3) is 0 Å². The molecule has 0 aromatic heterocycles. The summed E-state index contributed by atoms with van der Waals surface area (Å²) in [4.78, 5) is 40.7. The van der Waals surface area contributed by atoms with Gasteiger partial charge in [0.2, 0.25) is 17.7 Å². The fourth-order valence-electron chi connectivity index (χ4n) is 5.81. The van der Waals surface area contributed by atoms with Crippen LogP contribution in [0, 0.1) is 11.8 Å². The largest absolute Gasteiger partial charge is 0.506 e. The van der Waals surface area contributed by atoms with Crippen LogP contribution in [0.2, 0.25) is 0 Å². The molecule has 6 nitrogen and oxygen atoms in total. The monoisotopic (exact) mass is 424 g/mol. The average molecular weight is 424 g/mol. The first kappa shape index (κ1) is 18.8. The number of nitrogens with one attached hydrogen (secondary N) is 1. The van der Waals surface area contributed by atoms with Crippen molar-refractivity contribution in [3.05, 3.63) is 95.1 Å². The van der Waals surface area contributed by atoms with Crippen molar-refractivity contribution >= 4 is 23.4 Å². The number of carbonyl (C=O) groups is 3. The maximum Gasteiger partial charge on any atom is 0.244 e. The van der Waals surface area contributed by atoms with Gasteiger partial charge in [0, 0.05) is 11.8 Å². The van der Waals surface area contributed by atoms with E-state index < -0.39 is 17.7 Å². The second-order valence-corrected chi connectivity index (χ2v) is 8.59. The number of carbonyl (C=O) groups excluding carboxylic acids is 3. The molecule has 1 aliphatic heterocycles. The van der Waals surface area contributed by atoms with Crippen molar-refractivity contribution in [2.75, 3.05) is 11.9 Å². The van der Waals surface area contributed by atoms with Gasteiger partial charge in [-0.3, -0.25) is 19.3 Å². The minimum absolute atomic E-state index is 0.0717. The lowest BCUT2D eigenvalue weighted by molar-refractivity contribution is -0.142. The number of para-hydroxylation sites is 2. The zero-order valence-corrected chi connectivity index (χ0v) is 17.1. The molecule has 158 valence electrons. The summed E-state index contributed by atoms with van der Waals surface area (Å²) in [7, 11) is 0. The first-order valence-electron chi connectivity index (χ1n) is 10.7. The third kappa shape index (κ3) is 2.49. The Hall–Kier alpha value is -3.93. The number of anilines is 1. The van der Waals surface area contributed by atoms with E-state index in [4.69, 9.17) is 0 Å². The Morgan fingerprint density at radius 3 is 1.66 bits per heavy atom. The molecule has 3 aliphatic carbocycles. The average Bonchev–Trinajstić information content (AvgIpc) is 3.06. The maximum absolute atomic E-state index is 13.5. The van der Waals surface area contributed by atoms with Crippen molar-refractivity contribution in [2.24, 2.45) is 11.8 Å². The van der Waals surface area contributed by atoms with Crippen molar-refractivity contribution in [2.45, 2.75) is 11.8 Å². The Labute approximate surface area is 184 Å². The molecule has 3 aromatic carbocycles. The van der Waals surface area contributed by atoms with Crippen molar-refractivity contribution in [1.29, 1.82) is 0 Å². The zero-order valence-electron chi connectivity index (χ0n) is 17.1. The standard InChI is InChI=1S/C26H20N2O4/c29-19-12-6-5-11-18(19)27-20(30)13-28-25(31)23-21-14-7-1-2-8-15(14)22(24(23)26(28)32)17-10-4-3-9-16(17)21/h1-12,21-24,29H,13H2,(H,27,30)/t21?,22?,23-,24-/m1/s1. The van der Waals surface area contributed by atoms with E-state index in [0.717, 1.165) is 27.2 Å². The first-order valence-corrected chi connectivity index (χ1v) is 10.7. The third-order valence-electron chi connectivity index (χ3n) is 7.02. The second-order valence-electron chi connectivity index (χ2n) is 8.59. The Balaban J connectivity index is 1.36. The molecule has 6 heteroatoms. The smallest absolute Gasteiger partial charge is 0.244 e. The molecule has 0 saturated carbocycles. The van der Waals surface area contributed by atoms with Gasteiger partial charge in [-0.2, -0.15) is 0 Å². The van der Waals surface area contributed by atoms with E-state index in [2.05, 4.69) is 5.32 Å². The second kappa shape index (κ2) is 6.79. The van der Waals surface area contributed by atoms with Crippen LogP contribution in [0.4, 0.5) is 5.69 Å². The number of amides is 3. The van der Waals surface area contributed by atoms with E-state index in [1.807, 2.05) is 48.5 Å². The van der Waals surface area contributed by atoms with Gasteiger partial charge in [-0.25, -0.2) is 0 Å². The molecule has 3 amide bonds. The number of hydrogen-bond donors (Lipinski definition) is 2. The van der Waals surface area contributed by atoms with Crippen LogP contribution in [0.25, 0.3) is 0 Å². The lowest BCUT2D eigenvalue weighted by Crippen LogP contribution is -2.41. The molecule has 3 aromatic rings. The molecule has 2 N–H and O–H groups in total. The van der Waals surface area contributed by atoms with Crippen molar-refractivity contribution in [3.63, 3.8) is 0 Å². The van der Waals surface area contributed by atoms with E-state index >= 15 is 0 Å². The van der Waals surface area contributed by atoms with Crippen LogP contribution in [-0.2, 0) is 14.4 Å². The van der Waals surface area contributed by atoms with Crippen LogP contribution in [0.3, 0.4) is 0 Å². The molecule has 0 spiro atoms. The Morgan fingerprint density at radius 2 is 1.19 bits per heavy atom. The summed E-state index contributed by atoms with van der Waals surface area (Å²) in [5.41, 5.74) is 4.63. The van der Waals surface area contributed by atoms with Crippen molar-refractivity contribution in [3.8, 4) is 5.75 Å². The maximum atomic E-state index is 13.5. The van der Waals surface area contributed by atoms with Gasteiger partial charge in [0.15, 0.2) is 0 Å². The molecule has 2 atom stereocenters. The molecule has 32 heavy (non-hydrogen) atoms. The fraction of sp³-hybridized carbons (Fsp3) is 0.192. The van der Waals surface area contributed by atoms with E-state index in [-0.39, 0.29) is 41.6 Å². The fourth-order valence-corrected chi connectivity index (χ4v) is 5.81. The first-order chi connectivity index (χ1) is 15.6. The lowest BCUT2D eigenvalue weighted by atomic mass is 9.55. The number of imide groups is 1. The Kier molecular flexibility index (Phi) is 3.99. The third-order valence-corrected chi connectivity index (χ3v) is 7.02. The highest BCUT2D eigenvalue weighted by Gasteiger charge is 2.61. The molecular formula is C26H20N2O4. The normalized spacial score (nSPS) is 24.7. The SMILES string of the molecule is O=C(CN1C(=O)[C@@H]2C3c4ccccc4C(c4ccccc43)[C@H]2C1=O)Nc1ccccc1O. The number of hydrogen-bond acceptors (Lipinski definition) is 4. The minimum Gasteiger partial charge on any atom is -0.506 e. The number of benzene rings is 3. The Bertz CT molecular complexity index is 1180. The molecule has 1 fully saturated rings. The lowest BCUT2D eigenvalue weighted by Gasteiger charge is -2.45. The predicted octanol–water partition coefficient (Wildman–Crippen LogP) is 3.22. The Morgan fingerprint density at radius 1 is 0.750 bits per heavy atom. The summed E-state index contributed by atoms with van der Waals surface area (Å²) in [5, 5.41) is 12.5. The number of phenols is 1. The van der Waals surface area contributed by atoms with E-state index in [1.165, 1.54) is 6.07 Å². The number of likely N-dealkylation sites (tertiary alicyclic amines) is 1. The number of aromatic hydroxyl groups is 1. The van der Waals surface area contributed by atoms with E-state index in [9.17, 15) is 19.5 Å². The molecule has 4 aliphatic rings. The van der Waals surface area contributed by atoms with Crippen LogP contribution >= 0.6 is 0 Å². The van der Waals surface area contributed by atoms with Crippen LogP contribution in [0.1, 0.15) is 34.1 Å². The molecule has 0 radical (unpaired) electrons. The quantitative estimate of drug-likeness (QED) is 0.499. The van der Waals surface area contributed by atoms with Gasteiger partial charge in [0.05, 0.1) is 17.5 Å². The molecule has 1 heterocycles. The van der Waals surface area contributed by atoms with Crippen molar-refractivity contribution in [1.82, 2.24) is 4.90 Å². The predicted molar refractivity (Wildman–Crippen MR) is 117 cm³/mol. The molecule has 7 rings (SSSR count). The summed E-state index contributed by atoms with van der Waals surface area (Å²) < 4.78 is 0. The summed E-state index contributed by atoms with van der Waals surface area (Å²) in [6.07, 6.45) is 0. The van der Waals surface area contributed by atoms with Crippen molar-refractivity contribution < 1.29 is 19.5 Å². The van der Waals surface area contributed by atoms with Crippen LogP contribution in [0.5, 0.6) is 5.75 Å². The van der Waals surface area contributed by atoms with Gasteiger partial charge < -0.3 is 10.4 Å². The molecule has 2 bridgehead atoms. The van der Waals surface area contributed by atoms with Gasteiger partial charge in [0.1, 0.15) is 12.3 Å². The van der Waals surface area contributed by atoms with Gasteiger partial charge in [-0.15, -0.1) is 0 Å². The van der Waals surface area contributed by atoms with E-state index in [0.29, 0.717) is 0 Å². The molecular weight excluding hydrogens is 404 g/mol. The molecule has 0 unspecified atom stereocenters. The zero-order chi connectivity index (χ0) is 22.0. The highest BCUT2D eigenvalue weighted by molar-refractivity contribution is 6.10. The highest BCUT2D eigenvalue weighted by atomic mass is 16.3. The van der Waals surface area contributed by atoms with Crippen LogP contribution < -0.4 is 5.32 Å². The number of rotatable bonds is 3. The van der Waals surface area contributed by atoms with Gasteiger partial charge in [-0.05, 0) is 34.4 Å².